The summed E-state index contributed by atoms with van der Waals surface area (Å²) in [6.07, 6.45) is -2.81. The van der Waals surface area contributed by atoms with E-state index in [1.807, 2.05) is 34.6 Å². The Morgan fingerprint density at radius 1 is 1.15 bits per heavy atom. The second kappa shape index (κ2) is 12.2. The summed E-state index contributed by atoms with van der Waals surface area (Å²) in [6, 6.07) is 3.94. The van der Waals surface area contributed by atoms with Crippen molar-refractivity contribution in [1.82, 2.24) is 24.8 Å². The first-order valence-corrected chi connectivity index (χ1v) is 13.4. The standard InChI is InChI=1S/C27H37F3N6O4/c1-17(2)8-9-31-25-33-19(14-20(34-25)27(28,29)30)18-6-7-21(32-15-18)38-16-22(37)35-10-12-36(13-11-35)23-24(39-23)40-26(3,4)5/h6-7,14-15,17,23-24H,8-13,16H2,1-5H3,(H,31,33,34). The number of carbonyl (C=O) groups excluding carboxylic acids is 1. The molecule has 2 aromatic rings. The lowest BCUT2D eigenvalue weighted by Crippen LogP contribution is -2.51. The molecule has 0 aromatic carbocycles. The van der Waals surface area contributed by atoms with Crippen molar-refractivity contribution in [3.8, 4) is 17.1 Å². The van der Waals surface area contributed by atoms with E-state index in [2.05, 4.69) is 25.2 Å². The average molecular weight is 567 g/mol. The summed E-state index contributed by atoms with van der Waals surface area (Å²) >= 11 is 0. The van der Waals surface area contributed by atoms with Gasteiger partial charge in [-0.3, -0.25) is 9.69 Å². The number of nitrogens with one attached hydrogen (secondary N) is 1. The van der Waals surface area contributed by atoms with Crippen LogP contribution in [0.2, 0.25) is 0 Å². The van der Waals surface area contributed by atoms with Crippen molar-refractivity contribution in [2.45, 2.75) is 65.3 Å². The second-order valence-electron chi connectivity index (χ2n) is 11.3. The molecular weight excluding hydrogens is 529 g/mol. The minimum atomic E-state index is -4.62. The Labute approximate surface area is 232 Å². The van der Waals surface area contributed by atoms with Gasteiger partial charge >= 0.3 is 6.18 Å². The van der Waals surface area contributed by atoms with Crippen LogP contribution in [-0.4, -0.2) is 88.1 Å². The topological polar surface area (TPSA) is 105 Å². The summed E-state index contributed by atoms with van der Waals surface area (Å²) in [5.41, 5.74) is -0.876. The fourth-order valence-corrected chi connectivity index (χ4v) is 4.15. The normalized spacial score (nSPS) is 20.1. The molecule has 0 spiro atoms. The van der Waals surface area contributed by atoms with E-state index in [0.29, 0.717) is 44.2 Å². The van der Waals surface area contributed by atoms with Crippen molar-refractivity contribution >= 4 is 11.9 Å². The summed E-state index contributed by atoms with van der Waals surface area (Å²) in [5, 5.41) is 2.87. The molecule has 2 aromatic heterocycles. The highest BCUT2D eigenvalue weighted by molar-refractivity contribution is 5.77. The molecular formula is C27H37F3N6O4. The van der Waals surface area contributed by atoms with Gasteiger partial charge in [0.15, 0.2) is 24.8 Å². The molecule has 0 saturated carbocycles. The zero-order valence-electron chi connectivity index (χ0n) is 23.5. The Kier molecular flexibility index (Phi) is 9.16. The molecule has 1 amide bonds. The fourth-order valence-electron chi connectivity index (χ4n) is 4.15. The Hall–Kier alpha value is -3.03. The number of ether oxygens (including phenoxy) is 3. The van der Waals surface area contributed by atoms with E-state index in [0.717, 1.165) is 12.5 Å². The van der Waals surface area contributed by atoms with Gasteiger partial charge in [0.2, 0.25) is 11.8 Å². The molecule has 2 aliphatic heterocycles. The van der Waals surface area contributed by atoms with Gasteiger partial charge in [0.05, 0.1) is 11.3 Å². The lowest BCUT2D eigenvalue weighted by molar-refractivity contribution is -0.141. The highest BCUT2D eigenvalue weighted by atomic mass is 19.4. The largest absolute Gasteiger partial charge is 0.468 e. The van der Waals surface area contributed by atoms with Gasteiger partial charge < -0.3 is 24.4 Å². The Balaban J connectivity index is 1.29. The van der Waals surface area contributed by atoms with E-state index in [1.165, 1.54) is 12.3 Å². The third-order valence-electron chi connectivity index (χ3n) is 6.32. The number of piperazine rings is 1. The number of amides is 1. The van der Waals surface area contributed by atoms with Crippen molar-refractivity contribution in [1.29, 1.82) is 0 Å². The van der Waals surface area contributed by atoms with Crippen LogP contribution in [-0.2, 0) is 20.4 Å². The number of rotatable bonds is 10. The van der Waals surface area contributed by atoms with Crippen LogP contribution in [0.4, 0.5) is 19.1 Å². The van der Waals surface area contributed by atoms with Gasteiger partial charge in [-0.1, -0.05) is 13.8 Å². The molecule has 0 radical (unpaired) electrons. The van der Waals surface area contributed by atoms with Crippen LogP contribution in [0.5, 0.6) is 5.88 Å². The van der Waals surface area contributed by atoms with Crippen LogP contribution in [0, 0.1) is 5.92 Å². The maximum Gasteiger partial charge on any atom is 0.433 e. The predicted octanol–water partition coefficient (Wildman–Crippen LogP) is 4.04. The first-order valence-electron chi connectivity index (χ1n) is 13.4. The van der Waals surface area contributed by atoms with Crippen LogP contribution in [0.25, 0.3) is 11.3 Å². The van der Waals surface area contributed by atoms with Gasteiger partial charge in [-0.15, -0.1) is 0 Å². The second-order valence-corrected chi connectivity index (χ2v) is 11.3. The number of anilines is 1. The zero-order chi connectivity index (χ0) is 29.1. The van der Waals surface area contributed by atoms with Crippen LogP contribution >= 0.6 is 0 Å². The van der Waals surface area contributed by atoms with Crippen molar-refractivity contribution in [3.05, 3.63) is 30.1 Å². The minimum absolute atomic E-state index is 0.0792. The molecule has 2 saturated heterocycles. The number of hydrogen-bond donors (Lipinski definition) is 1. The average Bonchev–Trinajstić information content (AvgIpc) is 3.64. The first-order chi connectivity index (χ1) is 18.8. The monoisotopic (exact) mass is 566 g/mol. The van der Waals surface area contributed by atoms with Gasteiger partial charge in [-0.2, -0.15) is 13.2 Å². The SMILES string of the molecule is CC(C)CCNc1nc(-c2ccc(OCC(=O)N3CCN(C4OC4OC(C)(C)C)CC3)nc2)cc(C(F)(F)F)n1. The fraction of sp³-hybridized carbons (Fsp3) is 0.630. The number of halogens is 3. The number of epoxide rings is 1. The van der Waals surface area contributed by atoms with Crippen LogP contribution < -0.4 is 10.1 Å². The van der Waals surface area contributed by atoms with E-state index in [9.17, 15) is 18.0 Å². The van der Waals surface area contributed by atoms with Gasteiger partial charge in [0.1, 0.15) is 0 Å². The quantitative estimate of drug-likeness (QED) is 0.427. The number of pyridine rings is 1. The van der Waals surface area contributed by atoms with Crippen molar-refractivity contribution < 1.29 is 32.2 Å². The Morgan fingerprint density at radius 3 is 2.48 bits per heavy atom. The van der Waals surface area contributed by atoms with Crippen LogP contribution in [0.15, 0.2) is 24.4 Å². The smallest absolute Gasteiger partial charge is 0.433 e. The maximum atomic E-state index is 13.4. The molecule has 40 heavy (non-hydrogen) atoms. The molecule has 4 rings (SSSR count). The number of alkyl halides is 3. The molecule has 2 aliphatic rings. The Bertz CT molecular complexity index is 1150. The molecule has 10 nitrogen and oxygen atoms in total. The van der Waals surface area contributed by atoms with Gasteiger partial charge in [0.25, 0.3) is 5.91 Å². The van der Waals surface area contributed by atoms with Gasteiger partial charge in [-0.05, 0) is 45.2 Å². The molecule has 4 heterocycles. The molecule has 1 N–H and O–H groups in total. The van der Waals surface area contributed by atoms with Crippen LogP contribution in [0.1, 0.15) is 46.7 Å². The molecule has 0 bridgehead atoms. The molecule has 2 atom stereocenters. The van der Waals surface area contributed by atoms with E-state index in [1.54, 1.807) is 11.0 Å². The van der Waals surface area contributed by atoms with E-state index in [-0.39, 0.29) is 48.2 Å². The summed E-state index contributed by atoms with van der Waals surface area (Å²) in [5.74, 6) is 0.295. The third kappa shape index (κ3) is 8.48. The highest BCUT2D eigenvalue weighted by Crippen LogP contribution is 2.32. The molecule has 13 heteroatoms. The lowest BCUT2D eigenvalue weighted by atomic mass is 10.1. The van der Waals surface area contributed by atoms with E-state index < -0.39 is 11.9 Å². The number of hydrogen-bond acceptors (Lipinski definition) is 9. The first kappa shape index (κ1) is 29.9. The molecule has 220 valence electrons. The molecule has 2 fully saturated rings. The van der Waals surface area contributed by atoms with Crippen molar-refractivity contribution in [3.63, 3.8) is 0 Å². The van der Waals surface area contributed by atoms with Crippen LogP contribution in [0.3, 0.4) is 0 Å². The summed E-state index contributed by atoms with van der Waals surface area (Å²) in [7, 11) is 0. The minimum Gasteiger partial charge on any atom is -0.468 e. The van der Waals surface area contributed by atoms with E-state index >= 15 is 0 Å². The maximum absolute atomic E-state index is 13.4. The number of carbonyl (C=O) groups is 1. The van der Waals surface area contributed by atoms with Gasteiger partial charge in [0, 0.05) is 50.6 Å². The summed E-state index contributed by atoms with van der Waals surface area (Å²) in [6.45, 7) is 12.7. The zero-order valence-corrected chi connectivity index (χ0v) is 23.5. The number of nitrogens with zero attached hydrogens (tertiary/aromatic N) is 5. The van der Waals surface area contributed by atoms with Crippen molar-refractivity contribution in [2.24, 2.45) is 5.92 Å². The predicted molar refractivity (Wildman–Crippen MR) is 141 cm³/mol. The molecule has 0 aliphatic carbocycles. The molecule has 2 unspecified atom stereocenters. The third-order valence-corrected chi connectivity index (χ3v) is 6.32. The summed E-state index contributed by atoms with van der Waals surface area (Å²) < 4.78 is 57.4. The van der Waals surface area contributed by atoms with Gasteiger partial charge in [-0.25, -0.2) is 15.0 Å². The van der Waals surface area contributed by atoms with Crippen molar-refractivity contribution in [2.75, 3.05) is 44.6 Å². The lowest BCUT2D eigenvalue weighted by Gasteiger charge is -2.33. The van der Waals surface area contributed by atoms with E-state index in [4.69, 9.17) is 14.2 Å². The Morgan fingerprint density at radius 2 is 1.88 bits per heavy atom. The number of aromatic nitrogens is 3. The highest BCUT2D eigenvalue weighted by Gasteiger charge is 2.47. The summed E-state index contributed by atoms with van der Waals surface area (Å²) in [4.78, 5) is 28.6.